The van der Waals surface area contributed by atoms with Crippen molar-refractivity contribution in [3.8, 4) is 0 Å². The second kappa shape index (κ2) is 7.67. The summed E-state index contributed by atoms with van der Waals surface area (Å²) in [4.78, 5) is 2.15. The number of sulfonamides is 1. The molecule has 0 atom stereocenters. The van der Waals surface area contributed by atoms with Crippen LogP contribution < -0.4 is 0 Å². The van der Waals surface area contributed by atoms with Crippen LogP contribution in [-0.2, 0) is 10.0 Å². The van der Waals surface area contributed by atoms with E-state index in [0.717, 1.165) is 58.2 Å². The Hall–Kier alpha value is -1.02. The number of likely N-dealkylation sites (tertiary alicyclic amines) is 1. The molecule has 1 aromatic carbocycles. The van der Waals surface area contributed by atoms with Gasteiger partial charge in [0.05, 0.1) is 5.60 Å². The van der Waals surface area contributed by atoms with E-state index in [9.17, 15) is 17.9 Å². The van der Waals surface area contributed by atoms with Crippen LogP contribution in [-0.4, -0.2) is 61.1 Å². The SMILES string of the molecule is O=S(=O)(c1ccccc1F)N1CCC2(CC1)CCC(O)(CN1CCCC1)CC2. The van der Waals surface area contributed by atoms with Gasteiger partial charge in [0.25, 0.3) is 0 Å². The van der Waals surface area contributed by atoms with Gasteiger partial charge in [-0.3, -0.25) is 0 Å². The van der Waals surface area contributed by atoms with E-state index in [-0.39, 0.29) is 10.3 Å². The standard InChI is InChI=1S/C21H31FN2O3S/c22-18-5-1-2-6-19(18)28(26,27)24-15-11-20(12-16-24)7-9-21(25,10-8-20)17-23-13-3-4-14-23/h1-2,5-6,25H,3-4,7-17H2. The lowest BCUT2D eigenvalue weighted by molar-refractivity contribution is -0.0626. The summed E-state index contributed by atoms with van der Waals surface area (Å²) in [5.41, 5.74) is -0.468. The molecule has 1 spiro atoms. The topological polar surface area (TPSA) is 60.9 Å². The third-order valence-corrected chi connectivity index (χ3v) is 9.13. The minimum Gasteiger partial charge on any atom is -0.389 e. The molecular formula is C21H31FN2O3S. The van der Waals surface area contributed by atoms with Gasteiger partial charge in [-0.15, -0.1) is 0 Å². The van der Waals surface area contributed by atoms with E-state index in [1.54, 1.807) is 6.07 Å². The van der Waals surface area contributed by atoms with Crippen LogP contribution in [0.25, 0.3) is 0 Å². The Balaban J connectivity index is 1.36. The van der Waals surface area contributed by atoms with Crippen LogP contribution in [0, 0.1) is 11.2 Å². The minimum atomic E-state index is -3.78. The molecule has 2 saturated heterocycles. The van der Waals surface area contributed by atoms with Crippen LogP contribution in [0.3, 0.4) is 0 Å². The molecule has 0 bridgehead atoms. The van der Waals surface area contributed by atoms with Crippen molar-refractivity contribution in [2.24, 2.45) is 5.41 Å². The molecule has 1 N–H and O–H groups in total. The number of halogens is 1. The molecule has 156 valence electrons. The molecule has 5 nitrogen and oxygen atoms in total. The van der Waals surface area contributed by atoms with Gasteiger partial charge >= 0.3 is 0 Å². The van der Waals surface area contributed by atoms with Crippen molar-refractivity contribution in [2.45, 2.75) is 61.9 Å². The average Bonchev–Trinajstić information content (AvgIpc) is 3.18. The maximum atomic E-state index is 14.0. The van der Waals surface area contributed by atoms with Gasteiger partial charge in [-0.25, -0.2) is 12.8 Å². The quantitative estimate of drug-likeness (QED) is 0.829. The lowest BCUT2D eigenvalue weighted by Crippen LogP contribution is -2.50. The van der Waals surface area contributed by atoms with Crippen molar-refractivity contribution in [3.05, 3.63) is 30.1 Å². The first kappa shape index (κ1) is 20.3. The first-order valence-corrected chi connectivity index (χ1v) is 12.0. The fourth-order valence-electron chi connectivity index (χ4n) is 5.25. The zero-order valence-electron chi connectivity index (χ0n) is 16.4. The van der Waals surface area contributed by atoms with Gasteiger partial charge in [-0.2, -0.15) is 4.31 Å². The molecule has 2 heterocycles. The number of piperidine rings is 1. The first-order chi connectivity index (χ1) is 13.3. The second-order valence-electron chi connectivity index (χ2n) is 9.04. The number of nitrogens with zero attached hydrogens (tertiary/aromatic N) is 2. The number of rotatable bonds is 4. The summed E-state index contributed by atoms with van der Waals surface area (Å²) in [5.74, 6) is -0.688. The molecule has 7 heteroatoms. The number of β-amino-alcohol motifs (C(OH)–C–C–N with tert-alkyl or cyclic N) is 1. The first-order valence-electron chi connectivity index (χ1n) is 10.5. The van der Waals surface area contributed by atoms with Crippen molar-refractivity contribution in [1.82, 2.24) is 9.21 Å². The Kier molecular flexibility index (Phi) is 5.55. The van der Waals surface area contributed by atoms with Gasteiger partial charge in [0.1, 0.15) is 10.7 Å². The largest absolute Gasteiger partial charge is 0.389 e. The smallest absolute Gasteiger partial charge is 0.245 e. The summed E-state index contributed by atoms with van der Waals surface area (Å²) in [6, 6.07) is 5.60. The fraction of sp³-hybridized carbons (Fsp3) is 0.714. The minimum absolute atomic E-state index is 0.124. The number of aliphatic hydroxyl groups is 1. The molecule has 0 unspecified atom stereocenters. The van der Waals surface area contributed by atoms with Crippen LogP contribution >= 0.6 is 0 Å². The van der Waals surface area contributed by atoms with E-state index in [0.29, 0.717) is 13.1 Å². The van der Waals surface area contributed by atoms with Gasteiger partial charge in [0.2, 0.25) is 10.0 Å². The van der Waals surface area contributed by atoms with Crippen LogP contribution in [0.5, 0.6) is 0 Å². The van der Waals surface area contributed by atoms with E-state index in [4.69, 9.17) is 0 Å². The molecule has 0 radical (unpaired) electrons. The molecular weight excluding hydrogens is 379 g/mol. The Morgan fingerprint density at radius 2 is 1.54 bits per heavy atom. The predicted octanol–water partition coefficient (Wildman–Crippen LogP) is 3.00. The maximum absolute atomic E-state index is 14.0. The monoisotopic (exact) mass is 410 g/mol. The summed E-state index contributed by atoms with van der Waals surface area (Å²) >= 11 is 0. The van der Waals surface area contributed by atoms with Crippen molar-refractivity contribution < 1.29 is 17.9 Å². The number of hydrogen-bond acceptors (Lipinski definition) is 4. The zero-order chi connectivity index (χ0) is 19.8. The molecule has 28 heavy (non-hydrogen) atoms. The Morgan fingerprint density at radius 1 is 0.929 bits per heavy atom. The van der Waals surface area contributed by atoms with Crippen LogP contribution in [0.4, 0.5) is 4.39 Å². The third kappa shape index (κ3) is 3.99. The summed E-state index contributed by atoms with van der Waals surface area (Å²) in [5, 5.41) is 11.0. The van der Waals surface area contributed by atoms with Crippen molar-refractivity contribution in [1.29, 1.82) is 0 Å². The molecule has 0 aromatic heterocycles. The maximum Gasteiger partial charge on any atom is 0.245 e. The predicted molar refractivity (Wildman–Crippen MR) is 106 cm³/mol. The van der Waals surface area contributed by atoms with Crippen molar-refractivity contribution in [2.75, 3.05) is 32.7 Å². The Morgan fingerprint density at radius 3 is 2.14 bits per heavy atom. The number of hydrogen-bond donors (Lipinski definition) is 1. The summed E-state index contributed by atoms with van der Waals surface area (Å²) in [6.45, 7) is 3.83. The van der Waals surface area contributed by atoms with Crippen molar-refractivity contribution >= 4 is 10.0 Å². The molecule has 4 rings (SSSR count). The number of benzene rings is 1. The highest BCUT2D eigenvalue weighted by molar-refractivity contribution is 7.89. The van der Waals surface area contributed by atoms with E-state index < -0.39 is 21.4 Å². The normalized spacial score (nSPS) is 25.9. The van der Waals surface area contributed by atoms with Gasteiger partial charge < -0.3 is 10.0 Å². The molecule has 0 amide bonds. The lowest BCUT2D eigenvalue weighted by atomic mass is 9.64. The highest BCUT2D eigenvalue weighted by Crippen LogP contribution is 2.48. The summed E-state index contributed by atoms with van der Waals surface area (Å²) in [6.07, 6.45) is 7.53. The van der Waals surface area contributed by atoms with Crippen LogP contribution in [0.1, 0.15) is 51.4 Å². The highest BCUT2D eigenvalue weighted by atomic mass is 32.2. The molecule has 1 aromatic rings. The Bertz CT molecular complexity index is 790. The molecule has 1 aliphatic carbocycles. The van der Waals surface area contributed by atoms with Crippen molar-refractivity contribution in [3.63, 3.8) is 0 Å². The van der Waals surface area contributed by atoms with Gasteiger partial charge in [-0.1, -0.05) is 12.1 Å². The van der Waals surface area contributed by atoms with E-state index >= 15 is 0 Å². The zero-order valence-corrected chi connectivity index (χ0v) is 17.3. The summed E-state index contributed by atoms with van der Waals surface area (Å²) < 4.78 is 41.1. The van der Waals surface area contributed by atoms with E-state index in [1.165, 1.54) is 35.3 Å². The molecule has 2 aliphatic heterocycles. The molecule has 3 fully saturated rings. The van der Waals surface area contributed by atoms with E-state index in [1.807, 2.05) is 0 Å². The summed E-state index contributed by atoms with van der Waals surface area (Å²) in [7, 11) is -3.78. The van der Waals surface area contributed by atoms with Gasteiger partial charge in [-0.05, 0) is 82.0 Å². The fourth-order valence-corrected chi connectivity index (χ4v) is 6.76. The van der Waals surface area contributed by atoms with Crippen LogP contribution in [0.15, 0.2) is 29.2 Å². The third-order valence-electron chi connectivity index (χ3n) is 7.20. The van der Waals surface area contributed by atoms with Crippen LogP contribution in [0.2, 0.25) is 0 Å². The highest BCUT2D eigenvalue weighted by Gasteiger charge is 2.45. The average molecular weight is 411 g/mol. The van der Waals surface area contributed by atoms with Gasteiger partial charge in [0, 0.05) is 19.6 Å². The Labute approximate surface area is 167 Å². The molecule has 1 saturated carbocycles. The molecule has 3 aliphatic rings. The second-order valence-corrected chi connectivity index (χ2v) is 10.9. The van der Waals surface area contributed by atoms with E-state index in [2.05, 4.69) is 4.90 Å². The lowest BCUT2D eigenvalue weighted by Gasteiger charge is -2.48. The van der Waals surface area contributed by atoms with Gasteiger partial charge in [0.15, 0.2) is 0 Å².